The van der Waals surface area contributed by atoms with Gasteiger partial charge in [0.15, 0.2) is 0 Å². The lowest BCUT2D eigenvalue weighted by molar-refractivity contribution is 0.552. The lowest BCUT2D eigenvalue weighted by Gasteiger charge is -2.20. The molecule has 15 heavy (non-hydrogen) atoms. The molecule has 82 valence electrons. The minimum Gasteiger partial charge on any atom is -0.307 e. The van der Waals surface area contributed by atoms with Crippen LogP contribution in [-0.4, -0.2) is 6.54 Å². The molecule has 0 aliphatic rings. The first kappa shape index (κ1) is 12.4. The van der Waals surface area contributed by atoms with E-state index in [0.29, 0.717) is 5.56 Å². The van der Waals surface area contributed by atoms with Crippen molar-refractivity contribution in [3.05, 3.63) is 46.2 Å². The van der Waals surface area contributed by atoms with Crippen molar-refractivity contribution in [3.8, 4) is 0 Å². The Morgan fingerprint density at radius 2 is 2.27 bits per heavy atom. The molecule has 1 atom stereocenters. The highest BCUT2D eigenvalue weighted by atomic mass is 79.9. The molecular weight excluding hydrogens is 257 g/mol. The Balaban J connectivity index is 3.15. The van der Waals surface area contributed by atoms with Gasteiger partial charge in [-0.1, -0.05) is 41.1 Å². The predicted octanol–water partition coefficient (Wildman–Crippen LogP) is 3.81. The summed E-state index contributed by atoms with van der Waals surface area (Å²) in [5, 5.41) is 3.21. The first-order valence-electron chi connectivity index (χ1n) is 4.90. The third-order valence-corrected chi connectivity index (χ3v) is 2.88. The quantitative estimate of drug-likeness (QED) is 0.822. The normalized spacial score (nSPS) is 12.5. The van der Waals surface area contributed by atoms with Crippen molar-refractivity contribution in [1.82, 2.24) is 5.32 Å². The van der Waals surface area contributed by atoms with Crippen LogP contribution in [0.3, 0.4) is 0 Å². The Morgan fingerprint density at radius 1 is 1.60 bits per heavy atom. The first-order valence-corrected chi connectivity index (χ1v) is 5.70. The number of rotatable bonds is 4. The van der Waals surface area contributed by atoms with E-state index in [2.05, 4.69) is 27.8 Å². The number of hydrogen-bond donors (Lipinski definition) is 1. The van der Waals surface area contributed by atoms with Crippen molar-refractivity contribution in [1.29, 1.82) is 0 Å². The molecule has 0 amide bonds. The summed E-state index contributed by atoms with van der Waals surface area (Å²) in [7, 11) is 0. The molecule has 3 heteroatoms. The van der Waals surface area contributed by atoms with Gasteiger partial charge in [-0.2, -0.15) is 0 Å². The van der Waals surface area contributed by atoms with Crippen molar-refractivity contribution in [2.24, 2.45) is 0 Å². The number of halogens is 2. The molecule has 0 saturated carbocycles. The van der Waals surface area contributed by atoms with Crippen LogP contribution in [0.5, 0.6) is 0 Å². The topological polar surface area (TPSA) is 12.0 Å². The van der Waals surface area contributed by atoms with Crippen LogP contribution >= 0.6 is 15.9 Å². The average Bonchev–Trinajstić information content (AvgIpc) is 2.15. The summed E-state index contributed by atoms with van der Waals surface area (Å²) < 4.78 is 14.4. The lowest BCUT2D eigenvalue weighted by atomic mass is 10.0. The maximum Gasteiger partial charge on any atom is 0.129 e. The van der Waals surface area contributed by atoms with E-state index in [-0.39, 0.29) is 11.9 Å². The number of benzene rings is 1. The van der Waals surface area contributed by atoms with Crippen molar-refractivity contribution in [2.45, 2.75) is 19.9 Å². The van der Waals surface area contributed by atoms with E-state index in [1.54, 1.807) is 6.07 Å². The van der Waals surface area contributed by atoms with Crippen molar-refractivity contribution in [2.75, 3.05) is 6.54 Å². The number of nitrogens with one attached hydrogen (secondary N) is 1. The van der Waals surface area contributed by atoms with Crippen molar-refractivity contribution >= 4 is 15.9 Å². The van der Waals surface area contributed by atoms with E-state index >= 15 is 0 Å². The Morgan fingerprint density at radius 3 is 2.73 bits per heavy atom. The van der Waals surface area contributed by atoms with Gasteiger partial charge in [-0.05, 0) is 25.6 Å². The molecule has 0 aliphatic heterocycles. The fourth-order valence-electron chi connectivity index (χ4n) is 1.51. The molecule has 1 rings (SSSR count). The van der Waals surface area contributed by atoms with E-state index in [0.717, 1.165) is 16.6 Å². The maximum absolute atomic E-state index is 13.7. The largest absolute Gasteiger partial charge is 0.307 e. The summed E-state index contributed by atoms with van der Waals surface area (Å²) in [6.45, 7) is 8.54. The summed E-state index contributed by atoms with van der Waals surface area (Å²) >= 11 is 3.36. The number of hydrogen-bond acceptors (Lipinski definition) is 1. The zero-order valence-corrected chi connectivity index (χ0v) is 10.6. The highest BCUT2D eigenvalue weighted by Gasteiger charge is 2.18. The smallest absolute Gasteiger partial charge is 0.129 e. The maximum atomic E-state index is 13.7. The van der Waals surface area contributed by atoms with Crippen LogP contribution in [0.15, 0.2) is 34.8 Å². The molecule has 1 nitrogen and oxygen atoms in total. The Bertz CT molecular complexity index is 342. The van der Waals surface area contributed by atoms with E-state index in [1.807, 2.05) is 19.9 Å². The van der Waals surface area contributed by atoms with Crippen LogP contribution in [0, 0.1) is 5.82 Å². The van der Waals surface area contributed by atoms with Gasteiger partial charge in [0.2, 0.25) is 0 Å². The molecule has 0 bridgehead atoms. The predicted molar refractivity (Wildman–Crippen MR) is 65.3 cm³/mol. The van der Waals surface area contributed by atoms with Crippen LogP contribution in [0.4, 0.5) is 4.39 Å². The fourth-order valence-corrected chi connectivity index (χ4v) is 2.08. The van der Waals surface area contributed by atoms with Crippen molar-refractivity contribution < 1.29 is 4.39 Å². The van der Waals surface area contributed by atoms with Crippen LogP contribution in [-0.2, 0) is 0 Å². The second-order valence-corrected chi connectivity index (χ2v) is 4.33. The zero-order valence-electron chi connectivity index (χ0n) is 8.98. The van der Waals surface area contributed by atoms with Gasteiger partial charge in [0.05, 0.1) is 6.04 Å². The Hall–Kier alpha value is -0.670. The van der Waals surface area contributed by atoms with Gasteiger partial charge < -0.3 is 5.32 Å². The number of likely N-dealkylation sites (N-methyl/N-ethyl adjacent to an activating group) is 1. The second kappa shape index (κ2) is 5.42. The minimum atomic E-state index is -0.210. The molecule has 1 aromatic carbocycles. The third-order valence-electron chi connectivity index (χ3n) is 2.19. The second-order valence-electron chi connectivity index (χ2n) is 3.47. The van der Waals surface area contributed by atoms with Crippen LogP contribution in [0.1, 0.15) is 25.5 Å². The standard InChI is InChI=1S/C12H15BrFN/c1-4-15-12(8(2)3)11-9(13)6-5-7-10(11)14/h5-7,12,15H,2,4H2,1,3H3. The van der Waals surface area contributed by atoms with Gasteiger partial charge >= 0.3 is 0 Å². The van der Waals surface area contributed by atoms with Crippen molar-refractivity contribution in [3.63, 3.8) is 0 Å². The molecule has 0 fully saturated rings. The fraction of sp³-hybridized carbons (Fsp3) is 0.333. The Kier molecular flexibility index (Phi) is 4.48. The third kappa shape index (κ3) is 2.89. The van der Waals surface area contributed by atoms with Gasteiger partial charge in [0, 0.05) is 10.0 Å². The van der Waals surface area contributed by atoms with Crippen LogP contribution < -0.4 is 5.32 Å². The molecule has 0 heterocycles. The molecular formula is C12H15BrFN. The van der Waals surface area contributed by atoms with Crippen LogP contribution in [0.25, 0.3) is 0 Å². The summed E-state index contributed by atoms with van der Waals surface area (Å²) in [5.41, 5.74) is 1.54. The molecule has 1 unspecified atom stereocenters. The SMILES string of the molecule is C=C(C)C(NCC)c1c(F)cccc1Br. The van der Waals surface area contributed by atoms with Crippen LogP contribution in [0.2, 0.25) is 0 Å². The van der Waals surface area contributed by atoms with Gasteiger partial charge in [0.25, 0.3) is 0 Å². The first-order chi connectivity index (χ1) is 7.07. The van der Waals surface area contributed by atoms with Gasteiger partial charge in [-0.25, -0.2) is 4.39 Å². The van der Waals surface area contributed by atoms with Gasteiger partial charge in [0.1, 0.15) is 5.82 Å². The minimum absolute atomic E-state index is 0.134. The molecule has 1 aromatic rings. The Labute approximate surface area is 98.5 Å². The van der Waals surface area contributed by atoms with E-state index in [1.165, 1.54) is 6.07 Å². The molecule has 0 aliphatic carbocycles. The summed E-state index contributed by atoms with van der Waals surface area (Å²) in [6, 6.07) is 4.86. The monoisotopic (exact) mass is 271 g/mol. The molecule has 1 N–H and O–H groups in total. The highest BCUT2D eigenvalue weighted by Crippen LogP contribution is 2.29. The summed E-state index contributed by atoms with van der Waals surface area (Å²) in [4.78, 5) is 0. The zero-order chi connectivity index (χ0) is 11.4. The molecule has 0 saturated heterocycles. The van der Waals surface area contributed by atoms with Gasteiger partial charge in [-0.3, -0.25) is 0 Å². The van der Waals surface area contributed by atoms with E-state index < -0.39 is 0 Å². The molecule has 0 aromatic heterocycles. The summed E-state index contributed by atoms with van der Waals surface area (Å²) in [6.07, 6.45) is 0. The highest BCUT2D eigenvalue weighted by molar-refractivity contribution is 9.10. The van der Waals surface area contributed by atoms with E-state index in [4.69, 9.17) is 0 Å². The summed E-state index contributed by atoms with van der Waals surface area (Å²) in [5.74, 6) is -0.210. The molecule has 0 radical (unpaired) electrons. The van der Waals surface area contributed by atoms with E-state index in [9.17, 15) is 4.39 Å². The van der Waals surface area contributed by atoms with Gasteiger partial charge in [-0.15, -0.1) is 0 Å². The lowest BCUT2D eigenvalue weighted by Crippen LogP contribution is -2.23. The molecule has 0 spiro atoms. The average molecular weight is 272 g/mol.